The molecule has 2 aromatic carbocycles. The van der Waals surface area contributed by atoms with Gasteiger partial charge in [0.05, 0.1) is 23.1 Å². The van der Waals surface area contributed by atoms with E-state index in [1.54, 1.807) is 26.0 Å². The molecule has 0 spiro atoms. The van der Waals surface area contributed by atoms with Crippen LogP contribution in [0.15, 0.2) is 59.5 Å². The van der Waals surface area contributed by atoms with E-state index < -0.39 is 15.9 Å². The fourth-order valence-corrected chi connectivity index (χ4v) is 5.37. The van der Waals surface area contributed by atoms with Crippen molar-refractivity contribution >= 4 is 21.6 Å². The van der Waals surface area contributed by atoms with Crippen molar-refractivity contribution in [2.75, 3.05) is 10.8 Å². The van der Waals surface area contributed by atoms with Gasteiger partial charge >= 0.3 is 0 Å². The Morgan fingerprint density at radius 2 is 1.62 bits per heavy atom. The number of aromatic amines is 1. The Labute approximate surface area is 189 Å². The maximum Gasteiger partial charge on any atom is 0.268 e. The number of hydrogen-bond acceptors (Lipinski definition) is 4. The minimum absolute atomic E-state index is 0.0920. The maximum atomic E-state index is 13.6. The first kappa shape index (κ1) is 23.5. The van der Waals surface area contributed by atoms with E-state index in [1.807, 2.05) is 49.4 Å². The highest BCUT2D eigenvalue weighted by Crippen LogP contribution is 2.28. The number of nitrogens with one attached hydrogen (secondary N) is 2. The molecule has 170 valence electrons. The van der Waals surface area contributed by atoms with Crippen LogP contribution in [0.1, 0.15) is 55.2 Å². The molecule has 0 unspecified atom stereocenters. The molecule has 0 radical (unpaired) electrons. The summed E-state index contributed by atoms with van der Waals surface area (Å²) in [6.07, 6.45) is 0. The van der Waals surface area contributed by atoms with E-state index in [9.17, 15) is 13.2 Å². The molecule has 3 rings (SSSR count). The standard InChI is InChI=1S/C24H30N4O3S/c1-16(2)20-11-13-22(14-12-20)28(32(30,31)24-18(4)26-27-19(24)5)15-23(29)25-17(3)21-9-7-6-8-10-21/h6-14,16-17H,15H2,1-5H3,(H,25,29)(H,26,27)/t17-/m1/s1. The third-order valence-electron chi connectivity index (χ3n) is 5.42. The summed E-state index contributed by atoms with van der Waals surface area (Å²) < 4.78 is 28.4. The molecule has 32 heavy (non-hydrogen) atoms. The Kier molecular flexibility index (Phi) is 7.03. The highest BCUT2D eigenvalue weighted by atomic mass is 32.2. The predicted octanol–water partition coefficient (Wildman–Crippen LogP) is 4.22. The normalized spacial score (nSPS) is 12.6. The van der Waals surface area contributed by atoms with Crippen LogP contribution in [0.3, 0.4) is 0 Å². The third-order valence-corrected chi connectivity index (χ3v) is 7.46. The van der Waals surface area contributed by atoms with Gasteiger partial charge in [-0.15, -0.1) is 0 Å². The largest absolute Gasteiger partial charge is 0.348 e. The molecule has 1 aromatic heterocycles. The van der Waals surface area contributed by atoms with Gasteiger partial charge in [-0.25, -0.2) is 8.42 Å². The number of amides is 1. The van der Waals surface area contributed by atoms with Gasteiger partial charge in [-0.2, -0.15) is 5.10 Å². The molecule has 3 aromatic rings. The van der Waals surface area contributed by atoms with Gasteiger partial charge in [-0.1, -0.05) is 56.3 Å². The van der Waals surface area contributed by atoms with Crippen molar-refractivity contribution in [2.24, 2.45) is 0 Å². The molecule has 1 amide bonds. The first-order valence-corrected chi connectivity index (χ1v) is 12.0. The zero-order valence-corrected chi connectivity index (χ0v) is 19.9. The van der Waals surface area contributed by atoms with Crippen molar-refractivity contribution in [1.82, 2.24) is 15.5 Å². The summed E-state index contributed by atoms with van der Waals surface area (Å²) in [4.78, 5) is 13.0. The van der Waals surface area contributed by atoms with E-state index in [4.69, 9.17) is 0 Å². The summed E-state index contributed by atoms with van der Waals surface area (Å²) in [5.41, 5.74) is 3.26. The van der Waals surface area contributed by atoms with Crippen LogP contribution in [0.4, 0.5) is 5.69 Å². The number of anilines is 1. The zero-order valence-electron chi connectivity index (χ0n) is 19.1. The quantitative estimate of drug-likeness (QED) is 0.533. The maximum absolute atomic E-state index is 13.6. The lowest BCUT2D eigenvalue weighted by atomic mass is 10.0. The van der Waals surface area contributed by atoms with Gasteiger partial charge in [-0.05, 0) is 49.9 Å². The molecule has 1 heterocycles. The summed E-state index contributed by atoms with van der Waals surface area (Å²) in [6.45, 7) is 8.96. The summed E-state index contributed by atoms with van der Waals surface area (Å²) in [7, 11) is -4.02. The molecule has 0 aliphatic heterocycles. The highest BCUT2D eigenvalue weighted by molar-refractivity contribution is 7.93. The van der Waals surface area contributed by atoms with Gasteiger partial charge in [-0.3, -0.25) is 14.2 Å². The molecule has 7 nitrogen and oxygen atoms in total. The lowest BCUT2D eigenvalue weighted by Crippen LogP contribution is -2.41. The SMILES string of the molecule is Cc1n[nH]c(C)c1S(=O)(=O)N(CC(=O)N[C@H](C)c1ccccc1)c1ccc(C(C)C)cc1. The van der Waals surface area contributed by atoms with Crippen LogP contribution in [-0.2, 0) is 14.8 Å². The minimum atomic E-state index is -4.02. The number of hydrogen-bond donors (Lipinski definition) is 2. The van der Waals surface area contributed by atoms with E-state index in [2.05, 4.69) is 29.4 Å². The number of aromatic nitrogens is 2. The molecule has 0 saturated heterocycles. The first-order chi connectivity index (χ1) is 15.1. The zero-order chi connectivity index (χ0) is 23.5. The molecule has 0 bridgehead atoms. The van der Waals surface area contributed by atoms with Crippen LogP contribution in [0.25, 0.3) is 0 Å². The van der Waals surface area contributed by atoms with Crippen molar-refractivity contribution in [3.8, 4) is 0 Å². The highest BCUT2D eigenvalue weighted by Gasteiger charge is 2.32. The lowest BCUT2D eigenvalue weighted by Gasteiger charge is -2.25. The van der Waals surface area contributed by atoms with E-state index >= 15 is 0 Å². The molecular formula is C24H30N4O3S. The number of aryl methyl sites for hydroxylation is 2. The van der Waals surface area contributed by atoms with E-state index in [0.29, 0.717) is 23.0 Å². The number of sulfonamides is 1. The topological polar surface area (TPSA) is 95.2 Å². The number of H-pyrrole nitrogens is 1. The Balaban J connectivity index is 1.94. The summed E-state index contributed by atoms with van der Waals surface area (Å²) in [5.74, 6) is -0.0841. The van der Waals surface area contributed by atoms with Gasteiger partial charge < -0.3 is 5.32 Å². The molecule has 1 atom stereocenters. The second-order valence-corrected chi connectivity index (χ2v) is 10.0. The number of carbonyl (C=O) groups is 1. The Hall–Kier alpha value is -3.13. The van der Waals surface area contributed by atoms with Gasteiger partial charge in [0.1, 0.15) is 11.4 Å². The summed E-state index contributed by atoms with van der Waals surface area (Å²) >= 11 is 0. The molecule has 0 aliphatic carbocycles. The molecule has 2 N–H and O–H groups in total. The monoisotopic (exact) mass is 454 g/mol. The van der Waals surface area contributed by atoms with E-state index in [0.717, 1.165) is 15.4 Å². The Morgan fingerprint density at radius 3 is 2.16 bits per heavy atom. The molecule has 0 fully saturated rings. The molecule has 0 aliphatic rings. The van der Waals surface area contributed by atoms with Crippen molar-refractivity contribution < 1.29 is 13.2 Å². The second kappa shape index (κ2) is 9.56. The van der Waals surface area contributed by atoms with Crippen molar-refractivity contribution in [2.45, 2.75) is 51.5 Å². The summed E-state index contributed by atoms with van der Waals surface area (Å²) in [6, 6.07) is 16.5. The van der Waals surface area contributed by atoms with Crippen molar-refractivity contribution in [3.05, 3.63) is 77.1 Å². The summed E-state index contributed by atoms with van der Waals surface area (Å²) in [5, 5.41) is 9.66. The van der Waals surface area contributed by atoms with Gasteiger partial charge in [0.2, 0.25) is 5.91 Å². The van der Waals surface area contributed by atoms with Crippen LogP contribution in [0.2, 0.25) is 0 Å². The lowest BCUT2D eigenvalue weighted by molar-refractivity contribution is -0.120. The number of benzene rings is 2. The fourth-order valence-electron chi connectivity index (χ4n) is 3.61. The Morgan fingerprint density at radius 1 is 1.00 bits per heavy atom. The average molecular weight is 455 g/mol. The molecule has 0 saturated carbocycles. The van der Waals surface area contributed by atoms with E-state index in [-0.39, 0.29) is 17.5 Å². The van der Waals surface area contributed by atoms with Gasteiger partial charge in [0, 0.05) is 0 Å². The number of rotatable bonds is 8. The van der Waals surface area contributed by atoms with Crippen molar-refractivity contribution in [1.29, 1.82) is 0 Å². The fraction of sp³-hybridized carbons (Fsp3) is 0.333. The minimum Gasteiger partial charge on any atom is -0.348 e. The van der Waals surface area contributed by atoms with Crippen LogP contribution in [0.5, 0.6) is 0 Å². The van der Waals surface area contributed by atoms with Gasteiger partial charge in [0.25, 0.3) is 10.0 Å². The number of carbonyl (C=O) groups excluding carboxylic acids is 1. The predicted molar refractivity (Wildman–Crippen MR) is 126 cm³/mol. The smallest absolute Gasteiger partial charge is 0.268 e. The van der Waals surface area contributed by atoms with Crippen molar-refractivity contribution in [3.63, 3.8) is 0 Å². The van der Waals surface area contributed by atoms with Crippen LogP contribution in [0, 0.1) is 13.8 Å². The Bertz CT molecular complexity index is 1150. The molecular weight excluding hydrogens is 424 g/mol. The van der Waals surface area contributed by atoms with Crippen LogP contribution >= 0.6 is 0 Å². The molecule has 8 heteroatoms. The number of nitrogens with zero attached hydrogens (tertiary/aromatic N) is 2. The van der Waals surface area contributed by atoms with Crippen LogP contribution in [-0.4, -0.2) is 31.1 Å². The second-order valence-electron chi connectivity index (χ2n) is 8.22. The van der Waals surface area contributed by atoms with Crippen LogP contribution < -0.4 is 9.62 Å². The van der Waals surface area contributed by atoms with E-state index in [1.165, 1.54) is 0 Å². The first-order valence-electron chi connectivity index (χ1n) is 10.6. The average Bonchev–Trinajstić information content (AvgIpc) is 3.11. The third kappa shape index (κ3) is 5.02. The van der Waals surface area contributed by atoms with Gasteiger partial charge in [0.15, 0.2) is 0 Å².